The lowest BCUT2D eigenvalue weighted by Gasteiger charge is -2.12. The maximum Gasteiger partial charge on any atom is 0.328 e. The van der Waals surface area contributed by atoms with Gasteiger partial charge in [-0.15, -0.1) is 11.3 Å². The van der Waals surface area contributed by atoms with Crippen molar-refractivity contribution in [2.75, 3.05) is 0 Å². The Labute approximate surface area is 144 Å². The van der Waals surface area contributed by atoms with Gasteiger partial charge in [0.2, 0.25) is 5.91 Å². The molecule has 1 atom stereocenters. The Morgan fingerprint density at radius 2 is 2.13 bits per heavy atom. The highest BCUT2D eigenvalue weighted by atomic mass is 79.9. The SMILES string of the molecule is CC(C)c1nc(C(C)NC(=O)Cn2cc(Br)c(=O)[nH]c2=O)cs1. The summed E-state index contributed by atoms with van der Waals surface area (Å²) in [6, 6.07) is -0.256. The van der Waals surface area contributed by atoms with Crippen molar-refractivity contribution in [2.45, 2.75) is 39.3 Å². The highest BCUT2D eigenvalue weighted by Crippen LogP contribution is 2.22. The van der Waals surface area contributed by atoms with E-state index in [0.717, 1.165) is 15.3 Å². The number of carbonyl (C=O) groups excluding carboxylic acids is 1. The molecule has 2 rings (SSSR count). The number of thiazole rings is 1. The predicted molar refractivity (Wildman–Crippen MR) is 91.8 cm³/mol. The number of nitrogens with one attached hydrogen (secondary N) is 2. The molecule has 0 aliphatic rings. The van der Waals surface area contributed by atoms with Crippen molar-refractivity contribution in [1.82, 2.24) is 19.9 Å². The van der Waals surface area contributed by atoms with Crippen molar-refractivity contribution in [3.8, 4) is 0 Å². The fourth-order valence-electron chi connectivity index (χ4n) is 1.88. The fraction of sp³-hybridized carbons (Fsp3) is 0.429. The highest BCUT2D eigenvalue weighted by molar-refractivity contribution is 9.10. The molecule has 0 aliphatic carbocycles. The Morgan fingerprint density at radius 3 is 2.74 bits per heavy atom. The van der Waals surface area contributed by atoms with Gasteiger partial charge < -0.3 is 5.32 Å². The van der Waals surface area contributed by atoms with Crippen LogP contribution in [0.5, 0.6) is 0 Å². The Morgan fingerprint density at radius 1 is 1.43 bits per heavy atom. The zero-order valence-electron chi connectivity index (χ0n) is 12.9. The van der Waals surface area contributed by atoms with E-state index in [9.17, 15) is 14.4 Å². The topological polar surface area (TPSA) is 96.8 Å². The molecule has 0 aromatic carbocycles. The van der Waals surface area contributed by atoms with Crippen LogP contribution in [0.2, 0.25) is 0 Å². The molecule has 2 aromatic heterocycles. The van der Waals surface area contributed by atoms with Gasteiger partial charge in [0.05, 0.1) is 21.2 Å². The number of hydrogen-bond donors (Lipinski definition) is 2. The second-order valence-corrected chi connectivity index (χ2v) is 7.16. The minimum atomic E-state index is -0.628. The molecule has 2 N–H and O–H groups in total. The summed E-state index contributed by atoms with van der Waals surface area (Å²) in [5, 5.41) is 5.73. The Balaban J connectivity index is 2.05. The zero-order valence-corrected chi connectivity index (χ0v) is 15.3. The third-order valence-corrected chi connectivity index (χ3v) is 4.86. The molecule has 0 saturated carbocycles. The van der Waals surface area contributed by atoms with E-state index in [1.165, 1.54) is 6.20 Å². The van der Waals surface area contributed by atoms with E-state index < -0.39 is 11.2 Å². The third-order valence-electron chi connectivity index (χ3n) is 3.14. The molecule has 0 fully saturated rings. The van der Waals surface area contributed by atoms with Crippen LogP contribution in [0.25, 0.3) is 0 Å². The number of hydrogen-bond acceptors (Lipinski definition) is 5. The second-order valence-electron chi connectivity index (χ2n) is 5.42. The van der Waals surface area contributed by atoms with Crippen LogP contribution in [-0.4, -0.2) is 20.4 Å². The van der Waals surface area contributed by atoms with E-state index in [4.69, 9.17) is 0 Å². The van der Waals surface area contributed by atoms with Gasteiger partial charge in [-0.05, 0) is 22.9 Å². The molecule has 23 heavy (non-hydrogen) atoms. The molecule has 0 radical (unpaired) electrons. The predicted octanol–water partition coefficient (Wildman–Crippen LogP) is 1.76. The Hall–Kier alpha value is -1.74. The molecule has 1 amide bonds. The molecule has 7 nitrogen and oxygen atoms in total. The zero-order chi connectivity index (χ0) is 17.1. The first-order valence-corrected chi connectivity index (χ1v) is 8.69. The normalized spacial score (nSPS) is 12.4. The van der Waals surface area contributed by atoms with Crippen LogP contribution in [0.4, 0.5) is 0 Å². The molecule has 9 heteroatoms. The van der Waals surface area contributed by atoms with Crippen LogP contribution in [0.3, 0.4) is 0 Å². The minimum absolute atomic E-state index is 0.181. The summed E-state index contributed by atoms with van der Waals surface area (Å²) in [5.41, 5.74) is -0.359. The summed E-state index contributed by atoms with van der Waals surface area (Å²) in [7, 11) is 0. The van der Waals surface area contributed by atoms with Gasteiger partial charge in [0.25, 0.3) is 5.56 Å². The van der Waals surface area contributed by atoms with Gasteiger partial charge >= 0.3 is 5.69 Å². The lowest BCUT2D eigenvalue weighted by atomic mass is 10.2. The Kier molecular flexibility index (Phi) is 5.53. The minimum Gasteiger partial charge on any atom is -0.346 e. The van der Waals surface area contributed by atoms with E-state index in [2.05, 4.69) is 45.1 Å². The van der Waals surface area contributed by atoms with Crippen molar-refractivity contribution in [1.29, 1.82) is 0 Å². The van der Waals surface area contributed by atoms with Crippen LogP contribution in [0.1, 0.15) is 43.4 Å². The average Bonchev–Trinajstić information content (AvgIpc) is 2.94. The largest absolute Gasteiger partial charge is 0.346 e. The average molecular weight is 401 g/mol. The number of aromatic nitrogens is 3. The highest BCUT2D eigenvalue weighted by Gasteiger charge is 2.15. The number of nitrogens with zero attached hydrogens (tertiary/aromatic N) is 2. The van der Waals surface area contributed by atoms with E-state index >= 15 is 0 Å². The molecule has 0 aliphatic heterocycles. The molecule has 0 spiro atoms. The maximum atomic E-state index is 12.1. The number of carbonyl (C=O) groups is 1. The summed E-state index contributed by atoms with van der Waals surface area (Å²) in [4.78, 5) is 41.6. The molecule has 0 saturated heterocycles. The quantitative estimate of drug-likeness (QED) is 0.798. The van der Waals surface area contributed by atoms with E-state index in [0.29, 0.717) is 5.92 Å². The summed E-state index contributed by atoms with van der Waals surface area (Å²) in [6.45, 7) is 5.78. The van der Waals surface area contributed by atoms with Gasteiger partial charge in [-0.2, -0.15) is 0 Å². The van der Waals surface area contributed by atoms with Gasteiger partial charge in [0, 0.05) is 17.5 Å². The van der Waals surface area contributed by atoms with Crippen molar-refractivity contribution >= 4 is 33.2 Å². The van der Waals surface area contributed by atoms with Crippen LogP contribution in [0, 0.1) is 0 Å². The first kappa shape index (κ1) is 17.6. The second kappa shape index (κ2) is 7.22. The summed E-state index contributed by atoms with van der Waals surface area (Å²) in [6.07, 6.45) is 1.30. The van der Waals surface area contributed by atoms with E-state index in [1.807, 2.05) is 12.3 Å². The fourth-order valence-corrected chi connectivity index (χ4v) is 3.16. The van der Waals surface area contributed by atoms with Gasteiger partial charge in [-0.1, -0.05) is 13.8 Å². The van der Waals surface area contributed by atoms with Crippen molar-refractivity contribution in [2.24, 2.45) is 0 Å². The third kappa shape index (κ3) is 4.38. The molecule has 1 unspecified atom stereocenters. The van der Waals surface area contributed by atoms with Gasteiger partial charge in [0.15, 0.2) is 0 Å². The molecular formula is C14H17BrN4O3S. The molecule has 2 heterocycles. The summed E-state index contributed by atoms with van der Waals surface area (Å²) < 4.78 is 1.33. The maximum absolute atomic E-state index is 12.1. The van der Waals surface area contributed by atoms with Crippen LogP contribution < -0.4 is 16.6 Å². The monoisotopic (exact) mass is 400 g/mol. The van der Waals surface area contributed by atoms with Crippen LogP contribution in [0.15, 0.2) is 25.6 Å². The first-order valence-electron chi connectivity index (χ1n) is 7.02. The van der Waals surface area contributed by atoms with Gasteiger partial charge in [0.1, 0.15) is 6.54 Å². The molecule has 2 aromatic rings. The molecule has 0 bridgehead atoms. The number of amides is 1. The van der Waals surface area contributed by atoms with Gasteiger partial charge in [-0.3, -0.25) is 19.1 Å². The van der Waals surface area contributed by atoms with E-state index in [-0.39, 0.29) is 23.0 Å². The van der Waals surface area contributed by atoms with Crippen LogP contribution in [-0.2, 0) is 11.3 Å². The van der Waals surface area contributed by atoms with Crippen LogP contribution >= 0.6 is 27.3 Å². The number of halogens is 1. The number of H-pyrrole nitrogens is 1. The van der Waals surface area contributed by atoms with Crippen molar-refractivity contribution in [3.63, 3.8) is 0 Å². The smallest absolute Gasteiger partial charge is 0.328 e. The summed E-state index contributed by atoms with van der Waals surface area (Å²) in [5.74, 6) is 0.00590. The molecular weight excluding hydrogens is 384 g/mol. The van der Waals surface area contributed by atoms with Crippen molar-refractivity contribution in [3.05, 3.63) is 47.6 Å². The lowest BCUT2D eigenvalue weighted by molar-refractivity contribution is -0.122. The van der Waals surface area contributed by atoms with Crippen molar-refractivity contribution < 1.29 is 4.79 Å². The lowest BCUT2D eigenvalue weighted by Crippen LogP contribution is -2.36. The number of rotatable bonds is 5. The standard InChI is InChI=1S/C14H17BrN4O3S/c1-7(2)13-17-10(6-23-13)8(3)16-11(20)5-19-4-9(15)12(21)18-14(19)22/h4,6-8H,5H2,1-3H3,(H,16,20)(H,18,21,22). The number of aromatic amines is 1. The van der Waals surface area contributed by atoms with E-state index in [1.54, 1.807) is 11.3 Å². The molecule has 124 valence electrons. The first-order chi connectivity index (χ1) is 10.8. The van der Waals surface area contributed by atoms with Gasteiger partial charge in [-0.25, -0.2) is 9.78 Å². The summed E-state index contributed by atoms with van der Waals surface area (Å²) >= 11 is 4.59. The Bertz CT molecular complexity index is 824.